The summed E-state index contributed by atoms with van der Waals surface area (Å²) in [5.41, 5.74) is 0.548. The van der Waals surface area contributed by atoms with Gasteiger partial charge in [-0.05, 0) is 36.4 Å². The lowest BCUT2D eigenvalue weighted by Gasteiger charge is -2.14. The van der Waals surface area contributed by atoms with Crippen molar-refractivity contribution >= 4 is 27.3 Å². The maximum Gasteiger partial charge on any atom is 0.573 e. The normalized spacial score (nSPS) is 11.7. The van der Waals surface area contributed by atoms with Crippen molar-refractivity contribution in [2.75, 3.05) is 10.0 Å². The van der Waals surface area contributed by atoms with E-state index in [0.29, 0.717) is 5.69 Å². The van der Waals surface area contributed by atoms with Gasteiger partial charge < -0.3 is 10.1 Å². The number of amides is 1. The molecule has 2 aromatic carbocycles. The fourth-order valence-corrected chi connectivity index (χ4v) is 3.10. The van der Waals surface area contributed by atoms with Crippen molar-refractivity contribution in [2.45, 2.75) is 18.2 Å². The molecule has 134 valence electrons. The first-order valence-electron chi connectivity index (χ1n) is 6.82. The van der Waals surface area contributed by atoms with E-state index in [1.807, 2.05) is 0 Å². The molecule has 6 nitrogen and oxygen atoms in total. The zero-order valence-corrected chi connectivity index (χ0v) is 13.6. The summed E-state index contributed by atoms with van der Waals surface area (Å²) < 4.78 is 67.8. The highest BCUT2D eigenvalue weighted by Gasteiger charge is 2.34. The molecule has 0 saturated carbocycles. The summed E-state index contributed by atoms with van der Waals surface area (Å²) >= 11 is 0. The lowest BCUT2D eigenvalue weighted by Crippen LogP contribution is -2.20. The molecule has 2 aromatic rings. The van der Waals surface area contributed by atoms with Crippen molar-refractivity contribution in [3.05, 3.63) is 48.5 Å². The van der Waals surface area contributed by atoms with Crippen LogP contribution in [0.15, 0.2) is 53.4 Å². The molecule has 0 heterocycles. The maximum atomic E-state index is 12.4. The van der Waals surface area contributed by atoms with Crippen molar-refractivity contribution in [1.82, 2.24) is 0 Å². The maximum absolute atomic E-state index is 12.4. The topological polar surface area (TPSA) is 84.5 Å². The van der Waals surface area contributed by atoms with Gasteiger partial charge in [0.05, 0.1) is 0 Å². The van der Waals surface area contributed by atoms with E-state index in [9.17, 15) is 26.4 Å². The highest BCUT2D eigenvalue weighted by Crippen LogP contribution is 2.30. The SMILES string of the molecule is CC(=O)Nc1ccc(NS(=O)(=O)c2ccccc2OC(F)(F)F)cc1. The van der Waals surface area contributed by atoms with Crippen LogP contribution in [0.25, 0.3) is 0 Å². The molecule has 0 atom stereocenters. The van der Waals surface area contributed by atoms with Crippen LogP contribution in [0.5, 0.6) is 5.75 Å². The summed E-state index contributed by atoms with van der Waals surface area (Å²) in [6, 6.07) is 10.00. The first kappa shape index (κ1) is 18.6. The lowest BCUT2D eigenvalue weighted by molar-refractivity contribution is -0.275. The Morgan fingerprint density at radius 1 is 1.00 bits per heavy atom. The van der Waals surface area contributed by atoms with Crippen molar-refractivity contribution < 1.29 is 31.1 Å². The number of nitrogens with one attached hydrogen (secondary N) is 2. The van der Waals surface area contributed by atoms with Gasteiger partial charge in [-0.15, -0.1) is 13.2 Å². The number of anilines is 2. The van der Waals surface area contributed by atoms with Gasteiger partial charge in [0.25, 0.3) is 10.0 Å². The fraction of sp³-hybridized carbons (Fsp3) is 0.133. The number of para-hydroxylation sites is 1. The number of hydrogen-bond donors (Lipinski definition) is 2. The second kappa shape index (κ2) is 7.01. The van der Waals surface area contributed by atoms with Crippen molar-refractivity contribution in [1.29, 1.82) is 0 Å². The summed E-state index contributed by atoms with van der Waals surface area (Å²) in [7, 11) is -4.31. The Kier molecular flexibility index (Phi) is 5.21. The van der Waals surface area contributed by atoms with Crippen LogP contribution in [0, 0.1) is 0 Å². The van der Waals surface area contributed by atoms with Gasteiger partial charge in [-0.3, -0.25) is 9.52 Å². The highest BCUT2D eigenvalue weighted by molar-refractivity contribution is 7.92. The van der Waals surface area contributed by atoms with Crippen LogP contribution in [-0.2, 0) is 14.8 Å². The number of ether oxygens (including phenoxy) is 1. The number of hydrogen-bond acceptors (Lipinski definition) is 4. The minimum absolute atomic E-state index is 0.107. The summed E-state index contributed by atoms with van der Waals surface area (Å²) in [6.45, 7) is 1.31. The van der Waals surface area contributed by atoms with E-state index in [-0.39, 0.29) is 11.6 Å². The first-order valence-corrected chi connectivity index (χ1v) is 8.30. The Balaban J connectivity index is 2.26. The second-order valence-electron chi connectivity index (χ2n) is 4.86. The van der Waals surface area contributed by atoms with Crippen LogP contribution in [0.4, 0.5) is 24.5 Å². The van der Waals surface area contributed by atoms with Crippen LogP contribution in [0.2, 0.25) is 0 Å². The van der Waals surface area contributed by atoms with Crippen molar-refractivity contribution in [2.24, 2.45) is 0 Å². The van der Waals surface area contributed by atoms with E-state index in [2.05, 4.69) is 14.8 Å². The Labute approximate surface area is 141 Å². The molecule has 10 heteroatoms. The van der Waals surface area contributed by atoms with Crippen molar-refractivity contribution in [3.8, 4) is 5.75 Å². The second-order valence-corrected chi connectivity index (χ2v) is 6.51. The van der Waals surface area contributed by atoms with E-state index in [1.54, 1.807) is 0 Å². The number of sulfonamides is 1. The minimum atomic E-state index is -5.02. The molecule has 0 aliphatic rings. The molecular weight excluding hydrogens is 361 g/mol. The number of halogens is 3. The molecule has 0 aromatic heterocycles. The molecule has 0 aliphatic carbocycles. The van der Waals surface area contributed by atoms with Crippen LogP contribution >= 0.6 is 0 Å². The van der Waals surface area contributed by atoms with E-state index < -0.39 is 27.0 Å². The number of alkyl halides is 3. The van der Waals surface area contributed by atoms with Gasteiger partial charge in [-0.2, -0.15) is 0 Å². The molecule has 2 N–H and O–H groups in total. The van der Waals surface area contributed by atoms with E-state index >= 15 is 0 Å². The van der Waals surface area contributed by atoms with Crippen LogP contribution in [-0.4, -0.2) is 20.7 Å². The van der Waals surface area contributed by atoms with Gasteiger partial charge in [0.1, 0.15) is 10.6 Å². The van der Waals surface area contributed by atoms with Gasteiger partial charge in [0, 0.05) is 18.3 Å². The molecule has 0 spiro atoms. The van der Waals surface area contributed by atoms with E-state index in [0.717, 1.165) is 12.1 Å². The van der Waals surface area contributed by atoms with E-state index in [1.165, 1.54) is 43.3 Å². The summed E-state index contributed by atoms with van der Waals surface area (Å²) in [4.78, 5) is 10.3. The Morgan fingerprint density at radius 3 is 2.12 bits per heavy atom. The lowest BCUT2D eigenvalue weighted by atomic mass is 10.3. The third-order valence-electron chi connectivity index (χ3n) is 2.82. The molecule has 0 fully saturated rings. The molecule has 0 radical (unpaired) electrons. The predicted octanol–water partition coefficient (Wildman–Crippen LogP) is 3.34. The Morgan fingerprint density at radius 2 is 1.56 bits per heavy atom. The summed E-state index contributed by atoms with van der Waals surface area (Å²) in [5.74, 6) is -1.14. The third-order valence-corrected chi connectivity index (χ3v) is 4.24. The molecule has 2 rings (SSSR count). The Bertz CT molecular complexity index is 865. The standard InChI is InChI=1S/C15H13F3N2O4S/c1-10(21)19-11-6-8-12(9-7-11)20-25(22,23)14-5-3-2-4-13(14)24-15(16,17)18/h2-9,20H,1H3,(H,19,21). The van der Waals surface area contributed by atoms with Gasteiger partial charge in [0.15, 0.2) is 0 Å². The zero-order chi connectivity index (χ0) is 18.7. The number of carbonyl (C=O) groups is 1. The zero-order valence-electron chi connectivity index (χ0n) is 12.8. The van der Waals surface area contributed by atoms with Crippen LogP contribution in [0.3, 0.4) is 0 Å². The molecular formula is C15H13F3N2O4S. The fourth-order valence-electron chi connectivity index (χ4n) is 1.92. The Hall–Kier alpha value is -2.75. The summed E-state index contributed by atoms with van der Waals surface area (Å²) in [6.07, 6.45) is -5.02. The van der Waals surface area contributed by atoms with Gasteiger partial charge in [-0.25, -0.2) is 8.42 Å². The smallest absolute Gasteiger partial charge is 0.404 e. The van der Waals surface area contributed by atoms with Crippen molar-refractivity contribution in [3.63, 3.8) is 0 Å². The molecule has 0 aliphatic heterocycles. The quantitative estimate of drug-likeness (QED) is 0.841. The molecule has 25 heavy (non-hydrogen) atoms. The monoisotopic (exact) mass is 374 g/mol. The predicted molar refractivity (Wildman–Crippen MR) is 84.7 cm³/mol. The molecule has 0 unspecified atom stereocenters. The first-order chi connectivity index (χ1) is 11.6. The largest absolute Gasteiger partial charge is 0.573 e. The minimum Gasteiger partial charge on any atom is -0.404 e. The van der Waals surface area contributed by atoms with Gasteiger partial charge >= 0.3 is 6.36 Å². The highest BCUT2D eigenvalue weighted by atomic mass is 32.2. The molecule has 0 saturated heterocycles. The number of benzene rings is 2. The molecule has 0 bridgehead atoms. The van der Waals surface area contributed by atoms with Gasteiger partial charge in [0.2, 0.25) is 5.91 Å². The van der Waals surface area contributed by atoms with Crippen LogP contribution < -0.4 is 14.8 Å². The van der Waals surface area contributed by atoms with Crippen LogP contribution in [0.1, 0.15) is 6.92 Å². The number of rotatable bonds is 5. The van der Waals surface area contributed by atoms with Gasteiger partial charge in [-0.1, -0.05) is 12.1 Å². The average molecular weight is 374 g/mol. The third kappa shape index (κ3) is 5.38. The van der Waals surface area contributed by atoms with E-state index in [4.69, 9.17) is 0 Å². The molecule has 1 amide bonds. The summed E-state index contributed by atoms with van der Waals surface area (Å²) in [5, 5.41) is 2.50. The number of carbonyl (C=O) groups excluding carboxylic acids is 1. The average Bonchev–Trinajstić information content (AvgIpc) is 2.47.